The number of rotatable bonds is 4. The highest BCUT2D eigenvalue weighted by molar-refractivity contribution is 5.97. The van der Waals surface area contributed by atoms with E-state index in [4.69, 9.17) is 0 Å². The van der Waals surface area contributed by atoms with E-state index in [1.807, 2.05) is 31.2 Å². The van der Waals surface area contributed by atoms with E-state index in [1.165, 1.54) is 5.56 Å². The molecule has 0 N–H and O–H groups in total. The fraction of sp³-hybridized carbons (Fsp3) is 0.562. The summed E-state index contributed by atoms with van der Waals surface area (Å²) in [4.78, 5) is 16.8. The SMILES string of the molecule is Cc1ccc(C(=O)CN2CCC(N(C)C)CC2)cc1. The molecule has 2 rings (SSSR count). The Hall–Kier alpha value is -1.19. The number of piperidine rings is 1. The Balaban J connectivity index is 1.85. The first-order valence-electron chi connectivity index (χ1n) is 7.05. The van der Waals surface area contributed by atoms with Gasteiger partial charge in [-0.25, -0.2) is 0 Å². The molecule has 0 bridgehead atoms. The number of carbonyl (C=O) groups excluding carboxylic acids is 1. The minimum Gasteiger partial charge on any atom is -0.306 e. The van der Waals surface area contributed by atoms with Crippen molar-refractivity contribution in [3.8, 4) is 0 Å². The molecule has 0 atom stereocenters. The predicted octanol–water partition coefficient (Wildman–Crippen LogP) is 2.20. The average Bonchev–Trinajstić information content (AvgIpc) is 2.40. The Labute approximate surface area is 116 Å². The Kier molecular flexibility index (Phi) is 4.72. The molecule has 1 aliphatic heterocycles. The Morgan fingerprint density at radius 1 is 1.21 bits per heavy atom. The number of benzene rings is 1. The quantitative estimate of drug-likeness (QED) is 0.775. The van der Waals surface area contributed by atoms with Crippen molar-refractivity contribution in [1.82, 2.24) is 9.80 Å². The van der Waals surface area contributed by atoms with Gasteiger partial charge in [-0.2, -0.15) is 0 Å². The van der Waals surface area contributed by atoms with Crippen LogP contribution in [0.25, 0.3) is 0 Å². The predicted molar refractivity (Wildman–Crippen MR) is 78.7 cm³/mol. The largest absolute Gasteiger partial charge is 0.306 e. The molecule has 0 spiro atoms. The first-order chi connectivity index (χ1) is 9.06. The molecule has 0 aliphatic carbocycles. The average molecular weight is 260 g/mol. The third-order valence-electron chi connectivity index (χ3n) is 4.03. The van der Waals surface area contributed by atoms with Crippen molar-refractivity contribution in [2.24, 2.45) is 0 Å². The van der Waals surface area contributed by atoms with Crippen LogP contribution in [0.4, 0.5) is 0 Å². The van der Waals surface area contributed by atoms with Crippen molar-refractivity contribution in [2.75, 3.05) is 33.7 Å². The molecule has 1 fully saturated rings. The van der Waals surface area contributed by atoms with Gasteiger partial charge in [-0.15, -0.1) is 0 Å². The number of Topliss-reactive ketones (excluding diaryl/α,β-unsaturated/α-hetero) is 1. The Morgan fingerprint density at radius 2 is 1.79 bits per heavy atom. The minimum atomic E-state index is 0.239. The van der Waals surface area contributed by atoms with E-state index in [2.05, 4.69) is 23.9 Å². The third-order valence-corrected chi connectivity index (χ3v) is 4.03. The summed E-state index contributed by atoms with van der Waals surface area (Å²) in [6.45, 7) is 4.66. The molecule has 0 unspecified atom stereocenters. The molecule has 1 aromatic rings. The summed E-state index contributed by atoms with van der Waals surface area (Å²) in [5.74, 6) is 0.239. The lowest BCUT2D eigenvalue weighted by atomic mass is 10.0. The van der Waals surface area contributed by atoms with Crippen LogP contribution in [0.3, 0.4) is 0 Å². The molecule has 3 nitrogen and oxygen atoms in total. The molecule has 104 valence electrons. The van der Waals surface area contributed by atoms with Crippen LogP contribution in [0.1, 0.15) is 28.8 Å². The minimum absolute atomic E-state index is 0.239. The molecule has 0 saturated carbocycles. The lowest BCUT2D eigenvalue weighted by Crippen LogP contribution is -2.43. The normalized spacial score (nSPS) is 17.9. The molecule has 0 aromatic heterocycles. The van der Waals surface area contributed by atoms with Crippen molar-refractivity contribution >= 4 is 5.78 Å². The van der Waals surface area contributed by atoms with Crippen molar-refractivity contribution in [3.05, 3.63) is 35.4 Å². The maximum Gasteiger partial charge on any atom is 0.176 e. The lowest BCUT2D eigenvalue weighted by Gasteiger charge is -2.34. The van der Waals surface area contributed by atoms with E-state index in [1.54, 1.807) is 0 Å². The van der Waals surface area contributed by atoms with Crippen LogP contribution >= 0.6 is 0 Å². The maximum atomic E-state index is 12.2. The van der Waals surface area contributed by atoms with Gasteiger partial charge < -0.3 is 4.90 Å². The third kappa shape index (κ3) is 3.88. The number of nitrogens with zero attached hydrogens (tertiary/aromatic N) is 2. The standard InChI is InChI=1S/C16H24N2O/c1-13-4-6-14(7-5-13)16(19)12-18-10-8-15(9-11-18)17(2)3/h4-7,15H,8-12H2,1-3H3. The smallest absolute Gasteiger partial charge is 0.176 e. The summed E-state index contributed by atoms with van der Waals surface area (Å²) < 4.78 is 0. The van der Waals surface area contributed by atoms with E-state index >= 15 is 0 Å². The van der Waals surface area contributed by atoms with Crippen LogP contribution in [-0.4, -0.2) is 55.4 Å². The van der Waals surface area contributed by atoms with E-state index in [-0.39, 0.29) is 5.78 Å². The summed E-state index contributed by atoms with van der Waals surface area (Å²) in [6, 6.07) is 8.55. The first-order valence-corrected chi connectivity index (χ1v) is 7.05. The molecule has 1 aliphatic rings. The Morgan fingerprint density at radius 3 is 2.32 bits per heavy atom. The van der Waals surface area contributed by atoms with Gasteiger partial charge in [0, 0.05) is 24.7 Å². The molecule has 1 heterocycles. The van der Waals surface area contributed by atoms with Crippen LogP contribution < -0.4 is 0 Å². The summed E-state index contributed by atoms with van der Waals surface area (Å²) >= 11 is 0. The molecule has 0 radical (unpaired) electrons. The second-order valence-corrected chi connectivity index (χ2v) is 5.76. The van der Waals surface area contributed by atoms with Crippen molar-refractivity contribution in [1.29, 1.82) is 0 Å². The van der Waals surface area contributed by atoms with Crippen molar-refractivity contribution in [2.45, 2.75) is 25.8 Å². The molecule has 1 saturated heterocycles. The Bertz CT molecular complexity index is 417. The van der Waals surface area contributed by atoms with Gasteiger partial charge in [0.1, 0.15) is 0 Å². The van der Waals surface area contributed by atoms with E-state index in [0.29, 0.717) is 12.6 Å². The molecular formula is C16H24N2O. The second kappa shape index (κ2) is 6.31. The van der Waals surface area contributed by atoms with Crippen molar-refractivity contribution < 1.29 is 4.79 Å². The van der Waals surface area contributed by atoms with Gasteiger partial charge in [-0.1, -0.05) is 29.8 Å². The van der Waals surface area contributed by atoms with Crippen molar-refractivity contribution in [3.63, 3.8) is 0 Å². The highest BCUT2D eigenvalue weighted by Gasteiger charge is 2.22. The number of hydrogen-bond acceptors (Lipinski definition) is 3. The lowest BCUT2D eigenvalue weighted by molar-refractivity contribution is 0.0874. The number of hydrogen-bond donors (Lipinski definition) is 0. The molecule has 19 heavy (non-hydrogen) atoms. The summed E-state index contributed by atoms with van der Waals surface area (Å²) in [5, 5.41) is 0. The number of ketones is 1. The van der Waals surface area contributed by atoms with Crippen LogP contribution in [-0.2, 0) is 0 Å². The van der Waals surface area contributed by atoms with Crippen LogP contribution in [0.15, 0.2) is 24.3 Å². The van der Waals surface area contributed by atoms with Gasteiger partial charge in [-0.05, 0) is 33.9 Å². The fourth-order valence-electron chi connectivity index (χ4n) is 2.63. The van der Waals surface area contributed by atoms with Gasteiger partial charge in [0.2, 0.25) is 0 Å². The van der Waals surface area contributed by atoms with Crippen LogP contribution in [0.5, 0.6) is 0 Å². The zero-order chi connectivity index (χ0) is 13.8. The van der Waals surface area contributed by atoms with Gasteiger partial charge in [0.05, 0.1) is 6.54 Å². The number of likely N-dealkylation sites (tertiary alicyclic amines) is 1. The topological polar surface area (TPSA) is 23.6 Å². The van der Waals surface area contributed by atoms with E-state index in [0.717, 1.165) is 31.5 Å². The number of carbonyl (C=O) groups is 1. The maximum absolute atomic E-state index is 12.2. The second-order valence-electron chi connectivity index (χ2n) is 5.76. The number of aryl methyl sites for hydroxylation is 1. The van der Waals surface area contributed by atoms with Gasteiger partial charge in [-0.3, -0.25) is 9.69 Å². The van der Waals surface area contributed by atoms with Gasteiger partial charge in [0.15, 0.2) is 5.78 Å². The van der Waals surface area contributed by atoms with E-state index < -0.39 is 0 Å². The first kappa shape index (κ1) is 14.2. The van der Waals surface area contributed by atoms with E-state index in [9.17, 15) is 4.79 Å². The molecule has 3 heteroatoms. The summed E-state index contributed by atoms with van der Waals surface area (Å²) in [6.07, 6.45) is 2.32. The molecular weight excluding hydrogens is 236 g/mol. The zero-order valence-corrected chi connectivity index (χ0v) is 12.2. The van der Waals surface area contributed by atoms with Crippen LogP contribution in [0, 0.1) is 6.92 Å². The zero-order valence-electron chi connectivity index (χ0n) is 12.2. The monoisotopic (exact) mass is 260 g/mol. The van der Waals surface area contributed by atoms with Crippen LogP contribution in [0.2, 0.25) is 0 Å². The molecule has 0 amide bonds. The summed E-state index contributed by atoms with van der Waals surface area (Å²) in [7, 11) is 4.27. The fourth-order valence-corrected chi connectivity index (χ4v) is 2.63. The van der Waals surface area contributed by atoms with Gasteiger partial charge in [0.25, 0.3) is 0 Å². The summed E-state index contributed by atoms with van der Waals surface area (Å²) in [5.41, 5.74) is 2.03. The highest BCUT2D eigenvalue weighted by atomic mass is 16.1. The highest BCUT2D eigenvalue weighted by Crippen LogP contribution is 2.15. The molecule has 1 aromatic carbocycles. The van der Waals surface area contributed by atoms with Gasteiger partial charge >= 0.3 is 0 Å².